The largest absolute Gasteiger partial charge is 0.324 e. The lowest BCUT2D eigenvalue weighted by Gasteiger charge is -2.15. The number of hydrogen-bond donors (Lipinski definition) is 1. The van der Waals surface area contributed by atoms with Crippen LogP contribution < -0.4 is 5.32 Å². The van der Waals surface area contributed by atoms with E-state index in [1.807, 2.05) is 19.9 Å². The van der Waals surface area contributed by atoms with Gasteiger partial charge in [-0.15, -0.1) is 22.7 Å². The predicted octanol–water partition coefficient (Wildman–Crippen LogP) is 4.17. The second-order valence-electron chi connectivity index (χ2n) is 6.18. The summed E-state index contributed by atoms with van der Waals surface area (Å²) in [6, 6.07) is 4.07. The van der Waals surface area contributed by atoms with Crippen LogP contribution in [0.3, 0.4) is 0 Å². The second kappa shape index (κ2) is 6.19. The molecule has 0 aliphatic rings. The third-order valence-electron chi connectivity index (χ3n) is 3.17. The highest BCUT2D eigenvalue weighted by atomic mass is 32.1. The number of amides is 1. The van der Waals surface area contributed by atoms with E-state index in [2.05, 4.69) is 37.1 Å². The fourth-order valence-electron chi connectivity index (χ4n) is 2.02. The van der Waals surface area contributed by atoms with Crippen molar-refractivity contribution in [2.45, 2.75) is 46.5 Å². The van der Waals surface area contributed by atoms with Crippen molar-refractivity contribution in [1.82, 2.24) is 4.98 Å². The van der Waals surface area contributed by atoms with E-state index in [4.69, 9.17) is 0 Å². The standard InChI is InChI=1S/C16H19N3OS2/c1-9-11(18-10(2)21-9)7-15(20)19-12-6-14(16(3,4)5)22-13(12)8-17/h6H,7H2,1-5H3,(H,19,20). The van der Waals surface area contributed by atoms with Crippen LogP contribution >= 0.6 is 22.7 Å². The monoisotopic (exact) mass is 333 g/mol. The molecule has 0 aromatic carbocycles. The molecule has 1 N–H and O–H groups in total. The number of anilines is 1. The zero-order valence-corrected chi connectivity index (χ0v) is 15.0. The van der Waals surface area contributed by atoms with E-state index in [-0.39, 0.29) is 17.7 Å². The molecule has 116 valence electrons. The first kappa shape index (κ1) is 16.7. The van der Waals surface area contributed by atoms with Crippen LogP contribution in [0, 0.1) is 25.2 Å². The third kappa shape index (κ3) is 3.73. The summed E-state index contributed by atoms with van der Waals surface area (Å²) in [7, 11) is 0. The van der Waals surface area contributed by atoms with Crippen LogP contribution in [0.4, 0.5) is 5.69 Å². The topological polar surface area (TPSA) is 65.8 Å². The van der Waals surface area contributed by atoms with Gasteiger partial charge in [-0.3, -0.25) is 4.79 Å². The molecule has 0 aliphatic heterocycles. The van der Waals surface area contributed by atoms with Gasteiger partial charge in [0.25, 0.3) is 0 Å². The van der Waals surface area contributed by atoms with E-state index in [1.54, 1.807) is 11.3 Å². The van der Waals surface area contributed by atoms with Crippen molar-refractivity contribution >= 4 is 34.3 Å². The van der Waals surface area contributed by atoms with Gasteiger partial charge >= 0.3 is 0 Å². The van der Waals surface area contributed by atoms with Gasteiger partial charge in [-0.25, -0.2) is 4.98 Å². The van der Waals surface area contributed by atoms with Gasteiger partial charge in [0.05, 0.1) is 22.8 Å². The number of nitriles is 1. The van der Waals surface area contributed by atoms with Crippen molar-refractivity contribution in [3.05, 3.63) is 31.4 Å². The molecule has 4 nitrogen and oxygen atoms in total. The predicted molar refractivity (Wildman–Crippen MR) is 91.7 cm³/mol. The number of hydrogen-bond acceptors (Lipinski definition) is 5. The first-order valence-electron chi connectivity index (χ1n) is 6.98. The molecule has 0 fully saturated rings. The summed E-state index contributed by atoms with van der Waals surface area (Å²) < 4.78 is 0. The highest BCUT2D eigenvalue weighted by molar-refractivity contribution is 7.13. The SMILES string of the molecule is Cc1nc(CC(=O)Nc2cc(C(C)(C)C)sc2C#N)c(C)s1. The maximum absolute atomic E-state index is 12.2. The Hall–Kier alpha value is -1.71. The molecule has 1 amide bonds. The summed E-state index contributed by atoms with van der Waals surface area (Å²) >= 11 is 3.02. The number of aryl methyl sites for hydroxylation is 2. The molecule has 0 saturated carbocycles. The Morgan fingerprint density at radius 3 is 2.55 bits per heavy atom. The van der Waals surface area contributed by atoms with E-state index >= 15 is 0 Å². The van der Waals surface area contributed by atoms with Gasteiger partial charge in [0.2, 0.25) is 5.91 Å². The highest BCUT2D eigenvalue weighted by Crippen LogP contribution is 2.35. The van der Waals surface area contributed by atoms with Crippen molar-refractivity contribution in [3.8, 4) is 6.07 Å². The van der Waals surface area contributed by atoms with Crippen LogP contribution in [0.2, 0.25) is 0 Å². The Morgan fingerprint density at radius 2 is 2.05 bits per heavy atom. The van der Waals surface area contributed by atoms with Crippen molar-refractivity contribution in [2.24, 2.45) is 0 Å². The zero-order chi connectivity index (χ0) is 16.5. The molecule has 0 spiro atoms. The fraction of sp³-hybridized carbons (Fsp3) is 0.438. The number of thiophene rings is 1. The first-order chi connectivity index (χ1) is 10.2. The van der Waals surface area contributed by atoms with Crippen molar-refractivity contribution < 1.29 is 4.79 Å². The average Bonchev–Trinajstić information content (AvgIpc) is 2.93. The van der Waals surface area contributed by atoms with Gasteiger partial charge in [-0.2, -0.15) is 5.26 Å². The minimum Gasteiger partial charge on any atom is -0.324 e. The Kier molecular flexibility index (Phi) is 4.69. The van der Waals surface area contributed by atoms with E-state index < -0.39 is 0 Å². The Balaban J connectivity index is 2.17. The number of nitrogens with one attached hydrogen (secondary N) is 1. The van der Waals surface area contributed by atoms with Gasteiger partial charge in [-0.1, -0.05) is 20.8 Å². The van der Waals surface area contributed by atoms with Crippen LogP contribution in [-0.2, 0) is 16.6 Å². The van der Waals surface area contributed by atoms with Crippen LogP contribution in [0.15, 0.2) is 6.07 Å². The second-order valence-corrected chi connectivity index (χ2v) is 8.64. The average molecular weight is 333 g/mol. The van der Waals surface area contributed by atoms with Gasteiger partial charge in [0.1, 0.15) is 10.9 Å². The number of thiazole rings is 1. The fourth-order valence-corrected chi connectivity index (χ4v) is 3.82. The van der Waals surface area contributed by atoms with Gasteiger partial charge < -0.3 is 5.32 Å². The lowest BCUT2D eigenvalue weighted by atomic mass is 9.94. The smallest absolute Gasteiger partial charge is 0.230 e. The van der Waals surface area contributed by atoms with E-state index in [9.17, 15) is 10.1 Å². The molecule has 2 aromatic heterocycles. The number of carbonyl (C=O) groups excluding carboxylic acids is 1. The minimum absolute atomic E-state index is 0.0398. The molecule has 2 rings (SSSR count). The summed E-state index contributed by atoms with van der Waals surface area (Å²) in [4.78, 5) is 19.3. The molecule has 22 heavy (non-hydrogen) atoms. The zero-order valence-electron chi connectivity index (χ0n) is 13.4. The lowest BCUT2D eigenvalue weighted by molar-refractivity contribution is -0.115. The number of carbonyl (C=O) groups is 1. The highest BCUT2D eigenvalue weighted by Gasteiger charge is 2.21. The van der Waals surface area contributed by atoms with Crippen molar-refractivity contribution in [3.63, 3.8) is 0 Å². The van der Waals surface area contributed by atoms with Crippen LogP contribution in [-0.4, -0.2) is 10.9 Å². The number of rotatable bonds is 3. The third-order valence-corrected chi connectivity index (χ3v) is 5.57. The summed E-state index contributed by atoms with van der Waals surface area (Å²) in [5, 5.41) is 13.1. The van der Waals surface area contributed by atoms with Crippen LogP contribution in [0.25, 0.3) is 0 Å². The molecular weight excluding hydrogens is 314 g/mol. The molecule has 2 aromatic rings. The molecular formula is C16H19N3OS2. The Bertz CT molecular complexity index is 745. The van der Waals surface area contributed by atoms with Gasteiger partial charge in [0.15, 0.2) is 0 Å². The molecule has 0 bridgehead atoms. The summed E-state index contributed by atoms with van der Waals surface area (Å²) in [6.07, 6.45) is 0.238. The van der Waals surface area contributed by atoms with Crippen LogP contribution in [0.5, 0.6) is 0 Å². The molecule has 0 aliphatic carbocycles. The Labute approximate surface area is 138 Å². The number of aromatic nitrogens is 1. The van der Waals surface area contributed by atoms with Crippen molar-refractivity contribution in [2.75, 3.05) is 5.32 Å². The lowest BCUT2D eigenvalue weighted by Crippen LogP contribution is -2.15. The summed E-state index contributed by atoms with van der Waals surface area (Å²) in [6.45, 7) is 10.2. The molecule has 6 heteroatoms. The first-order valence-corrected chi connectivity index (χ1v) is 8.61. The van der Waals surface area contributed by atoms with E-state index in [0.717, 1.165) is 20.5 Å². The normalized spacial score (nSPS) is 11.3. The maximum atomic E-state index is 12.2. The van der Waals surface area contributed by atoms with Crippen LogP contribution in [0.1, 0.15) is 46.1 Å². The molecule has 0 atom stereocenters. The quantitative estimate of drug-likeness (QED) is 0.916. The molecule has 0 radical (unpaired) electrons. The molecule has 0 saturated heterocycles. The maximum Gasteiger partial charge on any atom is 0.230 e. The summed E-state index contributed by atoms with van der Waals surface area (Å²) in [5.41, 5.74) is 1.37. The van der Waals surface area contributed by atoms with E-state index in [0.29, 0.717) is 10.6 Å². The minimum atomic E-state index is -0.136. The van der Waals surface area contributed by atoms with E-state index in [1.165, 1.54) is 11.3 Å². The van der Waals surface area contributed by atoms with Crippen molar-refractivity contribution in [1.29, 1.82) is 5.26 Å². The van der Waals surface area contributed by atoms with Gasteiger partial charge in [0, 0.05) is 9.75 Å². The number of nitrogens with zero attached hydrogens (tertiary/aromatic N) is 2. The molecule has 0 unspecified atom stereocenters. The Morgan fingerprint density at radius 1 is 1.36 bits per heavy atom. The van der Waals surface area contributed by atoms with Gasteiger partial charge in [-0.05, 0) is 25.3 Å². The molecule has 2 heterocycles. The summed E-state index contributed by atoms with van der Waals surface area (Å²) in [5.74, 6) is -0.136.